The number of hydrogen-bond acceptors (Lipinski definition) is 4. The van der Waals surface area contributed by atoms with Gasteiger partial charge < -0.3 is 10.3 Å². The van der Waals surface area contributed by atoms with Crippen molar-refractivity contribution in [2.45, 2.75) is 32.6 Å². The highest BCUT2D eigenvalue weighted by molar-refractivity contribution is 6.03. The predicted octanol–water partition coefficient (Wildman–Crippen LogP) is 3.19. The van der Waals surface area contributed by atoms with Crippen LogP contribution in [0, 0.1) is 18.3 Å². The Labute approximate surface area is 134 Å². The van der Waals surface area contributed by atoms with Crippen molar-refractivity contribution >= 4 is 17.2 Å². The fourth-order valence-corrected chi connectivity index (χ4v) is 2.63. The number of aromatic nitrogens is 3. The number of allylic oxidation sites excluding steroid dienone is 2. The zero-order chi connectivity index (χ0) is 16.2. The smallest absolute Gasteiger partial charge is 0.291 e. The number of rotatable bonds is 3. The Kier molecular flexibility index (Phi) is 4.20. The van der Waals surface area contributed by atoms with E-state index in [1.807, 2.05) is 25.1 Å². The van der Waals surface area contributed by atoms with Crippen molar-refractivity contribution in [1.29, 1.82) is 5.26 Å². The fraction of sp³-hybridized carbons (Fsp3) is 0.294. The average Bonchev–Trinajstić information content (AvgIpc) is 3.06. The monoisotopic (exact) mass is 307 g/mol. The molecule has 0 aromatic carbocycles. The molecule has 0 aliphatic heterocycles. The third-order valence-electron chi connectivity index (χ3n) is 3.79. The van der Waals surface area contributed by atoms with Gasteiger partial charge in [0.2, 0.25) is 0 Å². The van der Waals surface area contributed by atoms with Crippen LogP contribution in [0.5, 0.6) is 0 Å². The van der Waals surface area contributed by atoms with Gasteiger partial charge in [-0.2, -0.15) is 5.26 Å². The molecule has 1 amide bonds. The minimum Gasteiger partial charge on any atom is -0.326 e. The molecule has 116 valence electrons. The van der Waals surface area contributed by atoms with E-state index in [2.05, 4.69) is 26.3 Å². The van der Waals surface area contributed by atoms with Gasteiger partial charge in [-0.05, 0) is 50.3 Å². The first kappa shape index (κ1) is 15.0. The summed E-state index contributed by atoms with van der Waals surface area (Å²) in [6.45, 7) is 1.93. The van der Waals surface area contributed by atoms with Gasteiger partial charge in [-0.25, -0.2) is 4.98 Å². The van der Waals surface area contributed by atoms with Crippen LogP contribution in [0.3, 0.4) is 0 Å². The third kappa shape index (κ3) is 3.29. The lowest BCUT2D eigenvalue weighted by Gasteiger charge is -2.16. The molecule has 1 aliphatic rings. The summed E-state index contributed by atoms with van der Waals surface area (Å²) in [6, 6.07) is 5.64. The van der Waals surface area contributed by atoms with E-state index in [4.69, 9.17) is 5.26 Å². The molecule has 6 heteroatoms. The van der Waals surface area contributed by atoms with Crippen LogP contribution in [0.15, 0.2) is 24.4 Å². The molecule has 0 bridgehead atoms. The molecule has 0 atom stereocenters. The number of aromatic amines is 1. The van der Waals surface area contributed by atoms with Crippen molar-refractivity contribution in [1.82, 2.24) is 15.0 Å². The summed E-state index contributed by atoms with van der Waals surface area (Å²) in [5.41, 5.74) is 3.84. The van der Waals surface area contributed by atoms with Crippen LogP contribution < -0.4 is 5.32 Å². The van der Waals surface area contributed by atoms with Crippen LogP contribution in [0.2, 0.25) is 0 Å². The van der Waals surface area contributed by atoms with Gasteiger partial charge in [0.15, 0.2) is 5.82 Å². The van der Waals surface area contributed by atoms with Crippen molar-refractivity contribution in [2.24, 2.45) is 0 Å². The summed E-state index contributed by atoms with van der Waals surface area (Å²) in [7, 11) is 0. The number of nitrogens with one attached hydrogen (secondary N) is 2. The normalized spacial score (nSPS) is 14.0. The van der Waals surface area contributed by atoms with Crippen LogP contribution in [0.1, 0.15) is 53.4 Å². The number of imidazole rings is 1. The minimum atomic E-state index is -0.380. The molecule has 1 aliphatic carbocycles. The SMILES string of the molecule is Cc1ccc(NC(=O)c2ncc(C#N)[nH]2)c(C2=CCCCC2)n1. The van der Waals surface area contributed by atoms with Crippen molar-refractivity contribution in [2.75, 3.05) is 5.32 Å². The zero-order valence-electron chi connectivity index (χ0n) is 12.9. The Morgan fingerprint density at radius 2 is 2.26 bits per heavy atom. The van der Waals surface area contributed by atoms with Crippen LogP contribution in [-0.2, 0) is 0 Å². The fourth-order valence-electron chi connectivity index (χ4n) is 2.63. The molecule has 2 aromatic rings. The molecule has 2 aromatic heterocycles. The molecule has 0 fully saturated rings. The van der Waals surface area contributed by atoms with Gasteiger partial charge in [0.1, 0.15) is 11.8 Å². The number of aryl methyl sites for hydroxylation is 1. The highest BCUT2D eigenvalue weighted by Crippen LogP contribution is 2.30. The Morgan fingerprint density at radius 1 is 1.39 bits per heavy atom. The largest absolute Gasteiger partial charge is 0.326 e. The van der Waals surface area contributed by atoms with E-state index in [9.17, 15) is 4.79 Å². The van der Waals surface area contributed by atoms with E-state index in [0.29, 0.717) is 5.69 Å². The molecular weight excluding hydrogens is 290 g/mol. The number of carbonyl (C=O) groups is 1. The van der Waals surface area contributed by atoms with Gasteiger partial charge >= 0.3 is 0 Å². The second-order valence-corrected chi connectivity index (χ2v) is 5.54. The first-order chi connectivity index (χ1) is 11.2. The lowest BCUT2D eigenvalue weighted by molar-refractivity contribution is 0.101. The number of pyridine rings is 1. The number of anilines is 1. The van der Waals surface area contributed by atoms with Gasteiger partial charge in [-0.3, -0.25) is 9.78 Å². The molecule has 0 spiro atoms. The van der Waals surface area contributed by atoms with Crippen LogP contribution in [0.25, 0.3) is 5.57 Å². The van der Waals surface area contributed by atoms with Gasteiger partial charge in [0, 0.05) is 5.69 Å². The number of hydrogen-bond donors (Lipinski definition) is 2. The van der Waals surface area contributed by atoms with E-state index in [1.165, 1.54) is 18.2 Å². The van der Waals surface area contributed by atoms with Crippen molar-refractivity contribution in [3.05, 3.63) is 47.3 Å². The van der Waals surface area contributed by atoms with Crippen molar-refractivity contribution in [3.8, 4) is 6.07 Å². The minimum absolute atomic E-state index is 0.116. The van der Waals surface area contributed by atoms with Gasteiger partial charge in [-0.1, -0.05) is 6.08 Å². The van der Waals surface area contributed by atoms with E-state index >= 15 is 0 Å². The Morgan fingerprint density at radius 3 is 2.96 bits per heavy atom. The lowest BCUT2D eigenvalue weighted by Crippen LogP contribution is -2.16. The topological polar surface area (TPSA) is 94.5 Å². The molecule has 0 saturated heterocycles. The van der Waals surface area contributed by atoms with Gasteiger partial charge in [0.05, 0.1) is 17.6 Å². The summed E-state index contributed by atoms with van der Waals surface area (Å²) in [5, 5.41) is 11.6. The maximum atomic E-state index is 12.3. The molecule has 0 radical (unpaired) electrons. The van der Waals surface area contributed by atoms with E-state index in [0.717, 1.165) is 30.7 Å². The number of nitrogens with zero attached hydrogens (tertiary/aromatic N) is 3. The zero-order valence-corrected chi connectivity index (χ0v) is 12.9. The molecule has 23 heavy (non-hydrogen) atoms. The first-order valence-electron chi connectivity index (χ1n) is 7.61. The lowest BCUT2D eigenvalue weighted by atomic mass is 9.96. The summed E-state index contributed by atoms with van der Waals surface area (Å²) < 4.78 is 0. The van der Waals surface area contributed by atoms with E-state index in [-0.39, 0.29) is 17.4 Å². The number of H-pyrrole nitrogens is 1. The molecule has 2 heterocycles. The number of carbonyl (C=O) groups excluding carboxylic acids is 1. The van der Waals surface area contributed by atoms with Crippen LogP contribution >= 0.6 is 0 Å². The van der Waals surface area contributed by atoms with E-state index in [1.54, 1.807) is 0 Å². The Balaban J connectivity index is 1.89. The second-order valence-electron chi connectivity index (χ2n) is 5.54. The molecular formula is C17H17N5O. The highest BCUT2D eigenvalue weighted by atomic mass is 16.2. The summed E-state index contributed by atoms with van der Waals surface area (Å²) >= 11 is 0. The Bertz CT molecular complexity index is 813. The van der Waals surface area contributed by atoms with Gasteiger partial charge in [0.25, 0.3) is 5.91 Å². The molecule has 3 rings (SSSR count). The van der Waals surface area contributed by atoms with Gasteiger partial charge in [-0.15, -0.1) is 0 Å². The average molecular weight is 307 g/mol. The second kappa shape index (κ2) is 6.44. The molecule has 0 saturated carbocycles. The summed E-state index contributed by atoms with van der Waals surface area (Å²) in [4.78, 5) is 23.5. The maximum absolute atomic E-state index is 12.3. The van der Waals surface area contributed by atoms with Crippen molar-refractivity contribution < 1.29 is 4.79 Å². The highest BCUT2D eigenvalue weighted by Gasteiger charge is 2.17. The predicted molar refractivity (Wildman–Crippen MR) is 86.7 cm³/mol. The van der Waals surface area contributed by atoms with Crippen LogP contribution in [0.4, 0.5) is 5.69 Å². The standard InChI is InChI=1S/C17H17N5O/c1-11-7-8-14(15(20-11)12-5-3-2-4-6-12)22-17(23)16-19-10-13(9-18)21-16/h5,7-8,10H,2-4,6H2,1H3,(H,19,21)(H,22,23). The van der Waals surface area contributed by atoms with Crippen molar-refractivity contribution in [3.63, 3.8) is 0 Å². The van der Waals surface area contributed by atoms with Crippen LogP contribution in [-0.4, -0.2) is 20.9 Å². The number of amides is 1. The van der Waals surface area contributed by atoms with E-state index < -0.39 is 0 Å². The third-order valence-corrected chi connectivity index (χ3v) is 3.79. The Hall–Kier alpha value is -2.94. The summed E-state index contributed by atoms with van der Waals surface area (Å²) in [6.07, 6.45) is 7.88. The summed E-state index contributed by atoms with van der Waals surface area (Å²) in [5.74, 6) is -0.263. The molecule has 2 N–H and O–H groups in total. The maximum Gasteiger partial charge on any atom is 0.291 e. The first-order valence-corrected chi connectivity index (χ1v) is 7.61. The number of nitriles is 1. The molecule has 6 nitrogen and oxygen atoms in total. The molecule has 0 unspecified atom stereocenters. The quantitative estimate of drug-likeness (QED) is 0.910.